The van der Waals surface area contributed by atoms with Crippen molar-refractivity contribution in [3.05, 3.63) is 11.9 Å². The van der Waals surface area contributed by atoms with Crippen LogP contribution in [-0.4, -0.2) is 42.2 Å². The zero-order valence-electron chi connectivity index (χ0n) is 9.30. The second-order valence-electron chi connectivity index (χ2n) is 3.94. The molecular weight excluding hydrogens is 207 g/mol. The average molecular weight is 225 g/mol. The molecule has 1 N–H and O–H groups in total. The van der Waals surface area contributed by atoms with Gasteiger partial charge < -0.3 is 5.11 Å². The molecule has 0 fully saturated rings. The van der Waals surface area contributed by atoms with E-state index in [0.29, 0.717) is 18.3 Å². The molecule has 0 aliphatic heterocycles. The SMILES string of the molecule is C/C(=C/F)C[C@@H](C)N(C)CC(F)(F)CO. The number of hydrogen-bond donors (Lipinski definition) is 1. The van der Waals surface area contributed by atoms with Crippen molar-refractivity contribution in [2.45, 2.75) is 32.2 Å². The van der Waals surface area contributed by atoms with Gasteiger partial charge in [0, 0.05) is 6.04 Å². The molecule has 90 valence electrons. The van der Waals surface area contributed by atoms with E-state index in [1.807, 2.05) is 0 Å². The fourth-order valence-corrected chi connectivity index (χ4v) is 1.24. The molecule has 0 radical (unpaired) electrons. The van der Waals surface area contributed by atoms with Crippen molar-refractivity contribution in [2.75, 3.05) is 20.2 Å². The summed E-state index contributed by atoms with van der Waals surface area (Å²) in [5.41, 5.74) is 0.515. The summed E-state index contributed by atoms with van der Waals surface area (Å²) in [6, 6.07) is -0.186. The third-order valence-corrected chi connectivity index (χ3v) is 2.27. The zero-order valence-corrected chi connectivity index (χ0v) is 9.30. The van der Waals surface area contributed by atoms with Gasteiger partial charge in [0.2, 0.25) is 0 Å². The van der Waals surface area contributed by atoms with Gasteiger partial charge in [0.25, 0.3) is 5.92 Å². The summed E-state index contributed by atoms with van der Waals surface area (Å²) in [7, 11) is 1.53. The molecular formula is C10H18F3NO. The summed E-state index contributed by atoms with van der Waals surface area (Å²) in [4.78, 5) is 1.41. The minimum Gasteiger partial charge on any atom is -0.390 e. The van der Waals surface area contributed by atoms with E-state index in [1.54, 1.807) is 13.8 Å². The minimum absolute atomic E-state index is 0.186. The van der Waals surface area contributed by atoms with Gasteiger partial charge in [-0.15, -0.1) is 0 Å². The highest BCUT2D eigenvalue weighted by atomic mass is 19.3. The van der Waals surface area contributed by atoms with Crippen molar-refractivity contribution in [2.24, 2.45) is 0 Å². The Balaban J connectivity index is 4.15. The molecule has 0 aromatic carbocycles. The normalized spacial score (nSPS) is 15.9. The van der Waals surface area contributed by atoms with Crippen LogP contribution >= 0.6 is 0 Å². The maximum atomic E-state index is 12.8. The van der Waals surface area contributed by atoms with E-state index in [1.165, 1.54) is 11.9 Å². The Bertz CT molecular complexity index is 219. The molecule has 0 amide bonds. The molecule has 0 aromatic heterocycles. The Kier molecular flexibility index (Phi) is 5.90. The first-order valence-corrected chi connectivity index (χ1v) is 4.77. The number of halogens is 3. The Hall–Kier alpha value is -0.550. The van der Waals surface area contributed by atoms with E-state index in [-0.39, 0.29) is 6.04 Å². The van der Waals surface area contributed by atoms with Crippen LogP contribution in [-0.2, 0) is 0 Å². The summed E-state index contributed by atoms with van der Waals surface area (Å²) in [6.45, 7) is 1.65. The summed E-state index contributed by atoms with van der Waals surface area (Å²) in [6.07, 6.45) is 0.878. The van der Waals surface area contributed by atoms with Gasteiger partial charge in [0.05, 0.1) is 12.9 Å². The van der Waals surface area contributed by atoms with Crippen molar-refractivity contribution in [1.82, 2.24) is 4.90 Å². The summed E-state index contributed by atoms with van der Waals surface area (Å²) < 4.78 is 37.7. The quantitative estimate of drug-likeness (QED) is 0.749. The fourth-order valence-electron chi connectivity index (χ4n) is 1.24. The highest BCUT2D eigenvalue weighted by molar-refractivity contribution is 4.95. The fraction of sp³-hybridized carbons (Fsp3) is 0.800. The molecule has 0 aliphatic carbocycles. The molecule has 0 spiro atoms. The summed E-state index contributed by atoms with van der Waals surface area (Å²) in [5.74, 6) is -3.10. The number of rotatable bonds is 6. The first-order chi connectivity index (χ1) is 6.82. The maximum absolute atomic E-state index is 12.8. The van der Waals surface area contributed by atoms with Gasteiger partial charge >= 0.3 is 0 Å². The number of aliphatic hydroxyl groups excluding tert-OH is 1. The Morgan fingerprint density at radius 2 is 2.07 bits per heavy atom. The van der Waals surface area contributed by atoms with Gasteiger partial charge in [-0.1, -0.05) is 0 Å². The molecule has 0 unspecified atom stereocenters. The monoisotopic (exact) mass is 225 g/mol. The van der Waals surface area contributed by atoms with Crippen molar-refractivity contribution in [1.29, 1.82) is 0 Å². The van der Waals surface area contributed by atoms with Crippen molar-refractivity contribution >= 4 is 0 Å². The third-order valence-electron chi connectivity index (χ3n) is 2.27. The highest BCUT2D eigenvalue weighted by Crippen LogP contribution is 2.17. The van der Waals surface area contributed by atoms with Crippen LogP contribution in [0, 0.1) is 0 Å². The standard InChI is InChI=1S/C10H18F3NO/c1-8(5-11)4-9(2)14(3)6-10(12,13)7-15/h5,9,15H,4,6-7H2,1-3H3/b8-5-/t9-/m1/s1. The second-order valence-corrected chi connectivity index (χ2v) is 3.94. The zero-order chi connectivity index (χ0) is 12.1. The van der Waals surface area contributed by atoms with E-state index in [9.17, 15) is 13.2 Å². The third kappa shape index (κ3) is 5.79. The molecule has 0 heterocycles. The maximum Gasteiger partial charge on any atom is 0.283 e. The van der Waals surface area contributed by atoms with Gasteiger partial charge in [-0.2, -0.15) is 0 Å². The lowest BCUT2D eigenvalue weighted by atomic mass is 10.1. The van der Waals surface area contributed by atoms with Crippen LogP contribution in [0.3, 0.4) is 0 Å². The molecule has 15 heavy (non-hydrogen) atoms. The molecule has 0 rings (SSSR count). The first-order valence-electron chi connectivity index (χ1n) is 4.77. The molecule has 1 atom stereocenters. The van der Waals surface area contributed by atoms with Crippen LogP contribution in [0.25, 0.3) is 0 Å². The van der Waals surface area contributed by atoms with Crippen LogP contribution in [0.1, 0.15) is 20.3 Å². The highest BCUT2D eigenvalue weighted by Gasteiger charge is 2.30. The van der Waals surface area contributed by atoms with E-state index >= 15 is 0 Å². The molecule has 0 aromatic rings. The van der Waals surface area contributed by atoms with Gasteiger partial charge in [-0.25, -0.2) is 13.2 Å². The smallest absolute Gasteiger partial charge is 0.283 e. The lowest BCUT2D eigenvalue weighted by Crippen LogP contribution is -2.41. The van der Waals surface area contributed by atoms with Crippen LogP contribution in [0.4, 0.5) is 13.2 Å². The summed E-state index contributed by atoms with van der Waals surface area (Å²) in [5, 5.41) is 8.40. The Morgan fingerprint density at radius 3 is 2.47 bits per heavy atom. The molecule has 0 bridgehead atoms. The van der Waals surface area contributed by atoms with Crippen molar-refractivity contribution in [3.8, 4) is 0 Å². The Labute approximate surface area is 88.4 Å². The van der Waals surface area contributed by atoms with Crippen molar-refractivity contribution in [3.63, 3.8) is 0 Å². The predicted octanol–water partition coefficient (Wildman–Crippen LogP) is 2.20. The average Bonchev–Trinajstić information content (AvgIpc) is 2.16. The van der Waals surface area contributed by atoms with Crippen LogP contribution in [0.15, 0.2) is 11.9 Å². The minimum atomic E-state index is -3.10. The largest absolute Gasteiger partial charge is 0.390 e. The Morgan fingerprint density at radius 1 is 1.53 bits per heavy atom. The molecule has 0 aliphatic rings. The van der Waals surface area contributed by atoms with Crippen LogP contribution < -0.4 is 0 Å². The van der Waals surface area contributed by atoms with Gasteiger partial charge in [0.1, 0.15) is 6.61 Å². The summed E-state index contributed by atoms with van der Waals surface area (Å²) >= 11 is 0. The molecule has 0 saturated carbocycles. The van der Waals surface area contributed by atoms with Crippen molar-refractivity contribution < 1.29 is 18.3 Å². The first kappa shape index (κ1) is 14.5. The molecule has 5 heteroatoms. The number of aliphatic hydroxyl groups is 1. The lowest BCUT2D eigenvalue weighted by molar-refractivity contribution is -0.0738. The van der Waals surface area contributed by atoms with Crippen LogP contribution in [0.5, 0.6) is 0 Å². The lowest BCUT2D eigenvalue weighted by Gasteiger charge is -2.28. The number of hydrogen-bond acceptors (Lipinski definition) is 2. The number of nitrogens with zero attached hydrogens (tertiary/aromatic N) is 1. The van der Waals surface area contributed by atoms with Gasteiger partial charge in [-0.05, 0) is 32.9 Å². The van der Waals surface area contributed by atoms with Crippen LogP contribution in [0.2, 0.25) is 0 Å². The van der Waals surface area contributed by atoms with E-state index in [4.69, 9.17) is 5.11 Å². The number of alkyl halides is 2. The van der Waals surface area contributed by atoms with E-state index < -0.39 is 19.1 Å². The molecule has 2 nitrogen and oxygen atoms in total. The second kappa shape index (κ2) is 6.12. The predicted molar refractivity (Wildman–Crippen MR) is 53.6 cm³/mol. The van der Waals surface area contributed by atoms with E-state index in [2.05, 4.69) is 0 Å². The van der Waals surface area contributed by atoms with Gasteiger partial charge in [0.15, 0.2) is 0 Å². The molecule has 0 saturated heterocycles. The van der Waals surface area contributed by atoms with E-state index in [0.717, 1.165) is 0 Å². The van der Waals surface area contributed by atoms with Gasteiger partial charge in [-0.3, -0.25) is 4.90 Å². The topological polar surface area (TPSA) is 23.5 Å².